The highest BCUT2D eigenvalue weighted by atomic mass is 79.9. The second-order valence-corrected chi connectivity index (χ2v) is 4.58. The molecule has 0 fully saturated rings. The van der Waals surface area contributed by atoms with Gasteiger partial charge in [-0.15, -0.1) is 0 Å². The SMILES string of the molecule is CNc1ncnc(Oc2ccc(OC)cc2[N+](=O)[O-])c1Br. The third-order valence-corrected chi connectivity index (χ3v) is 3.28. The van der Waals surface area contributed by atoms with Gasteiger partial charge in [0, 0.05) is 7.05 Å². The van der Waals surface area contributed by atoms with Crippen molar-refractivity contribution in [1.82, 2.24) is 9.97 Å². The molecule has 8 nitrogen and oxygen atoms in total. The fraction of sp³-hybridized carbons (Fsp3) is 0.167. The van der Waals surface area contributed by atoms with Crippen LogP contribution in [0.1, 0.15) is 0 Å². The van der Waals surface area contributed by atoms with Gasteiger partial charge in [0.05, 0.1) is 18.1 Å². The van der Waals surface area contributed by atoms with Crippen molar-refractivity contribution in [3.63, 3.8) is 0 Å². The molecule has 9 heteroatoms. The molecule has 0 saturated heterocycles. The van der Waals surface area contributed by atoms with Gasteiger partial charge in [-0.1, -0.05) is 0 Å². The first-order valence-corrected chi connectivity index (χ1v) is 6.54. The first-order chi connectivity index (χ1) is 10.1. The predicted octanol–water partition coefficient (Wildman–Crippen LogP) is 2.99. The van der Waals surface area contributed by atoms with Crippen LogP contribution in [0.25, 0.3) is 0 Å². The van der Waals surface area contributed by atoms with Crippen LogP contribution in [0.4, 0.5) is 11.5 Å². The van der Waals surface area contributed by atoms with Gasteiger partial charge in [-0.3, -0.25) is 10.1 Å². The maximum absolute atomic E-state index is 11.1. The summed E-state index contributed by atoms with van der Waals surface area (Å²) in [5.41, 5.74) is -0.217. The lowest BCUT2D eigenvalue weighted by Crippen LogP contribution is -1.99. The molecule has 2 rings (SSSR count). The minimum Gasteiger partial charge on any atom is -0.496 e. The van der Waals surface area contributed by atoms with E-state index in [1.807, 2.05) is 0 Å². The zero-order valence-electron chi connectivity index (χ0n) is 11.2. The summed E-state index contributed by atoms with van der Waals surface area (Å²) in [6.07, 6.45) is 1.29. The molecule has 0 aliphatic heterocycles. The summed E-state index contributed by atoms with van der Waals surface area (Å²) in [5, 5.41) is 13.9. The number of anilines is 1. The molecule has 0 atom stereocenters. The predicted molar refractivity (Wildman–Crippen MR) is 79.0 cm³/mol. The van der Waals surface area contributed by atoms with Gasteiger partial charge in [-0.05, 0) is 28.1 Å². The maximum atomic E-state index is 11.1. The summed E-state index contributed by atoms with van der Waals surface area (Å²) in [5.74, 6) is 1.10. The van der Waals surface area contributed by atoms with Gasteiger partial charge in [0.2, 0.25) is 11.6 Å². The van der Waals surface area contributed by atoms with Gasteiger partial charge < -0.3 is 14.8 Å². The number of methoxy groups -OCH3 is 1. The van der Waals surface area contributed by atoms with Crippen LogP contribution < -0.4 is 14.8 Å². The normalized spacial score (nSPS) is 10.0. The Labute approximate surface area is 128 Å². The molecule has 0 aliphatic rings. The Bertz CT molecular complexity index is 680. The largest absolute Gasteiger partial charge is 0.496 e. The lowest BCUT2D eigenvalue weighted by Gasteiger charge is -2.09. The Hall–Kier alpha value is -2.42. The Morgan fingerprint density at radius 3 is 2.76 bits per heavy atom. The van der Waals surface area contributed by atoms with E-state index in [0.717, 1.165) is 0 Å². The molecular formula is C12H11BrN4O4. The maximum Gasteiger partial charge on any atom is 0.315 e. The minimum absolute atomic E-state index is 0.0576. The average Bonchev–Trinajstić information content (AvgIpc) is 2.49. The van der Waals surface area contributed by atoms with Crippen LogP contribution in [0.2, 0.25) is 0 Å². The Morgan fingerprint density at radius 1 is 1.38 bits per heavy atom. The van der Waals surface area contributed by atoms with E-state index in [2.05, 4.69) is 31.2 Å². The molecule has 21 heavy (non-hydrogen) atoms. The Kier molecular flexibility index (Phi) is 4.53. The van der Waals surface area contributed by atoms with Crippen molar-refractivity contribution in [3.8, 4) is 17.4 Å². The van der Waals surface area contributed by atoms with Gasteiger partial charge in [-0.2, -0.15) is 0 Å². The number of halogens is 1. The van der Waals surface area contributed by atoms with Crippen molar-refractivity contribution in [1.29, 1.82) is 0 Å². The lowest BCUT2D eigenvalue weighted by molar-refractivity contribution is -0.385. The van der Waals surface area contributed by atoms with Gasteiger partial charge in [0.15, 0.2) is 0 Å². The van der Waals surface area contributed by atoms with E-state index in [9.17, 15) is 10.1 Å². The van der Waals surface area contributed by atoms with E-state index in [1.165, 1.54) is 25.6 Å². The van der Waals surface area contributed by atoms with Crippen molar-refractivity contribution in [2.75, 3.05) is 19.5 Å². The van der Waals surface area contributed by atoms with Crippen molar-refractivity contribution in [3.05, 3.63) is 39.1 Å². The Morgan fingerprint density at radius 2 is 2.14 bits per heavy atom. The number of nitrogens with one attached hydrogen (secondary N) is 1. The first-order valence-electron chi connectivity index (χ1n) is 5.75. The summed E-state index contributed by atoms with van der Waals surface area (Å²) in [6.45, 7) is 0. The molecular weight excluding hydrogens is 344 g/mol. The van der Waals surface area contributed by atoms with Crippen LogP contribution in [-0.4, -0.2) is 29.0 Å². The van der Waals surface area contributed by atoms with Gasteiger partial charge in [0.25, 0.3) is 0 Å². The van der Waals surface area contributed by atoms with Gasteiger partial charge in [0.1, 0.15) is 22.4 Å². The number of aromatic nitrogens is 2. The molecule has 110 valence electrons. The summed E-state index contributed by atoms with van der Waals surface area (Å²) in [4.78, 5) is 18.5. The molecule has 0 unspecified atom stereocenters. The number of nitro benzene ring substituents is 1. The lowest BCUT2D eigenvalue weighted by atomic mass is 10.3. The molecule has 1 aromatic heterocycles. The summed E-state index contributed by atoms with van der Waals surface area (Å²) >= 11 is 3.28. The second-order valence-electron chi connectivity index (χ2n) is 3.78. The van der Waals surface area contributed by atoms with Crippen molar-refractivity contribution >= 4 is 27.4 Å². The summed E-state index contributed by atoms with van der Waals surface area (Å²) in [7, 11) is 3.12. The summed E-state index contributed by atoms with van der Waals surface area (Å²) in [6, 6.07) is 4.30. The van der Waals surface area contributed by atoms with Crippen molar-refractivity contribution < 1.29 is 14.4 Å². The van der Waals surface area contributed by atoms with Crippen LogP contribution >= 0.6 is 15.9 Å². The van der Waals surface area contributed by atoms with Crippen LogP contribution in [0.15, 0.2) is 29.0 Å². The quantitative estimate of drug-likeness (QED) is 0.650. The number of benzene rings is 1. The van der Waals surface area contributed by atoms with Crippen molar-refractivity contribution in [2.45, 2.75) is 0 Å². The number of ether oxygens (including phenoxy) is 2. The monoisotopic (exact) mass is 354 g/mol. The number of hydrogen-bond donors (Lipinski definition) is 1. The van der Waals surface area contributed by atoms with Crippen LogP contribution in [0.5, 0.6) is 17.4 Å². The zero-order chi connectivity index (χ0) is 15.4. The molecule has 0 radical (unpaired) electrons. The third kappa shape index (κ3) is 3.19. The van der Waals surface area contributed by atoms with Gasteiger partial charge >= 0.3 is 5.69 Å². The highest BCUT2D eigenvalue weighted by Gasteiger charge is 2.19. The second kappa shape index (κ2) is 6.35. The van der Waals surface area contributed by atoms with E-state index < -0.39 is 4.92 Å². The van der Waals surface area contributed by atoms with Crippen molar-refractivity contribution in [2.24, 2.45) is 0 Å². The highest BCUT2D eigenvalue weighted by molar-refractivity contribution is 9.10. The van der Waals surface area contributed by atoms with E-state index in [0.29, 0.717) is 16.0 Å². The molecule has 0 amide bonds. The summed E-state index contributed by atoms with van der Waals surface area (Å²) < 4.78 is 10.9. The fourth-order valence-corrected chi connectivity index (χ4v) is 2.04. The van der Waals surface area contributed by atoms with Gasteiger partial charge in [-0.25, -0.2) is 9.97 Å². The third-order valence-electron chi connectivity index (χ3n) is 2.56. The van der Waals surface area contributed by atoms with E-state index in [4.69, 9.17) is 9.47 Å². The van der Waals surface area contributed by atoms with E-state index in [-0.39, 0.29) is 17.3 Å². The molecule has 1 heterocycles. The molecule has 0 spiro atoms. The number of hydrogen-bond acceptors (Lipinski definition) is 7. The van der Waals surface area contributed by atoms with Crippen LogP contribution in [-0.2, 0) is 0 Å². The average molecular weight is 355 g/mol. The highest BCUT2D eigenvalue weighted by Crippen LogP contribution is 2.37. The molecule has 1 aromatic carbocycles. The van der Waals surface area contributed by atoms with E-state index >= 15 is 0 Å². The smallest absolute Gasteiger partial charge is 0.315 e. The Balaban J connectivity index is 2.42. The topological polar surface area (TPSA) is 99.4 Å². The van der Waals surface area contributed by atoms with Crippen LogP contribution in [0, 0.1) is 10.1 Å². The number of rotatable bonds is 5. The molecule has 0 saturated carbocycles. The molecule has 0 bridgehead atoms. The minimum atomic E-state index is -0.550. The van der Waals surface area contributed by atoms with E-state index in [1.54, 1.807) is 13.1 Å². The molecule has 2 aromatic rings. The number of nitro groups is 1. The molecule has 1 N–H and O–H groups in total. The number of nitrogens with zero attached hydrogens (tertiary/aromatic N) is 3. The fourth-order valence-electron chi connectivity index (χ4n) is 1.56. The zero-order valence-corrected chi connectivity index (χ0v) is 12.7. The van der Waals surface area contributed by atoms with Crippen LogP contribution in [0.3, 0.4) is 0 Å². The first kappa shape index (κ1) is 15.0. The molecule has 0 aliphatic carbocycles. The standard InChI is InChI=1S/C12H11BrN4O4/c1-14-11-10(13)12(16-6-15-11)21-9-4-3-7(20-2)5-8(9)17(18)19/h3-6H,1-2H3,(H,14,15,16).